The Hall–Kier alpha value is -3.80. The minimum absolute atomic E-state index is 0.0517. The number of esters is 1. The van der Waals surface area contributed by atoms with E-state index in [1.54, 1.807) is 0 Å². The van der Waals surface area contributed by atoms with Crippen LogP contribution in [-0.4, -0.2) is 62.7 Å². The van der Waals surface area contributed by atoms with Crippen LogP contribution < -0.4 is 10.2 Å². The van der Waals surface area contributed by atoms with Gasteiger partial charge in [0, 0.05) is 24.6 Å². The molecule has 0 amide bonds. The molecule has 11 nitrogen and oxygen atoms in total. The molecule has 1 aliphatic rings. The minimum atomic E-state index is -1.57. The highest BCUT2D eigenvalue weighted by molar-refractivity contribution is 5.88. The average molecular weight is 460 g/mol. The summed E-state index contributed by atoms with van der Waals surface area (Å²) in [5.41, 5.74) is -0.705. The Bertz CT molecular complexity index is 1250. The van der Waals surface area contributed by atoms with Crippen molar-refractivity contribution in [1.82, 2.24) is 0 Å². The van der Waals surface area contributed by atoms with E-state index in [0.29, 0.717) is 0 Å². The molecule has 1 saturated heterocycles. The number of rotatable bonds is 5. The first-order valence-corrected chi connectivity index (χ1v) is 9.80. The first kappa shape index (κ1) is 22.4. The fourth-order valence-corrected chi connectivity index (χ4v) is 3.58. The lowest BCUT2D eigenvalue weighted by atomic mass is 10.1. The highest BCUT2D eigenvalue weighted by atomic mass is 16.7. The molecule has 174 valence electrons. The number of aromatic hydroxyl groups is 3. The number of phenols is 3. The number of aliphatic hydroxyl groups excluding tert-OH is 2. The van der Waals surface area contributed by atoms with E-state index in [9.17, 15) is 35.1 Å². The van der Waals surface area contributed by atoms with Gasteiger partial charge < -0.3 is 44.2 Å². The summed E-state index contributed by atoms with van der Waals surface area (Å²) in [6.45, 7) is 0.514. The Morgan fingerprint density at radius 3 is 2.42 bits per heavy atom. The molecule has 2 aromatic carbocycles. The molecule has 0 radical (unpaired) electrons. The van der Waals surface area contributed by atoms with Gasteiger partial charge in [-0.25, -0.2) is 0 Å². The predicted octanol–water partition coefficient (Wildman–Crippen LogP) is 0.965. The summed E-state index contributed by atoms with van der Waals surface area (Å²) in [4.78, 5) is 24.6. The number of carbonyl (C=O) groups excluding carboxylic acids is 1. The molecular weight excluding hydrogens is 440 g/mol. The Labute approximate surface area is 185 Å². The standard InChI is InChI=1S/C22H20O11/c1-9(24)30-20-15(8-23)32-22(18(20)29)33-21-17(28)16-13(27)6-12(26)7-14(16)31-19(21)10-2-4-11(25)5-3-10/h2-7,15,18,20,22-23,25-27,29H,8H2,1H3. The molecule has 1 aliphatic heterocycles. The van der Waals surface area contributed by atoms with Crippen molar-refractivity contribution in [2.24, 2.45) is 0 Å². The molecule has 4 rings (SSSR count). The van der Waals surface area contributed by atoms with Crippen LogP contribution >= 0.6 is 0 Å². The Kier molecular flexibility index (Phi) is 5.85. The van der Waals surface area contributed by atoms with Crippen molar-refractivity contribution in [3.8, 4) is 34.3 Å². The van der Waals surface area contributed by atoms with Gasteiger partial charge in [-0.3, -0.25) is 9.59 Å². The van der Waals surface area contributed by atoms with Crippen LogP contribution in [0.1, 0.15) is 6.92 Å². The summed E-state index contributed by atoms with van der Waals surface area (Å²) in [6, 6.07) is 7.61. The van der Waals surface area contributed by atoms with Gasteiger partial charge in [0.2, 0.25) is 17.5 Å². The van der Waals surface area contributed by atoms with Crippen LogP contribution in [0.25, 0.3) is 22.3 Å². The third-order valence-electron chi connectivity index (χ3n) is 5.05. The van der Waals surface area contributed by atoms with E-state index in [1.807, 2.05) is 0 Å². The van der Waals surface area contributed by atoms with Crippen molar-refractivity contribution >= 4 is 16.9 Å². The van der Waals surface area contributed by atoms with E-state index in [4.69, 9.17) is 18.6 Å². The molecule has 0 bridgehead atoms. The Balaban J connectivity index is 1.84. The molecule has 5 N–H and O–H groups in total. The van der Waals surface area contributed by atoms with Crippen LogP contribution in [0.15, 0.2) is 45.6 Å². The maximum Gasteiger partial charge on any atom is 0.303 e. The van der Waals surface area contributed by atoms with Crippen LogP contribution in [0.3, 0.4) is 0 Å². The maximum absolute atomic E-state index is 13.3. The number of ether oxygens (including phenoxy) is 3. The van der Waals surface area contributed by atoms with Gasteiger partial charge in [-0.05, 0) is 24.3 Å². The van der Waals surface area contributed by atoms with Crippen molar-refractivity contribution < 1.29 is 49.0 Å². The number of carbonyl (C=O) groups is 1. The van der Waals surface area contributed by atoms with Gasteiger partial charge in [-0.1, -0.05) is 0 Å². The summed E-state index contributed by atoms with van der Waals surface area (Å²) in [7, 11) is 0. The van der Waals surface area contributed by atoms with Crippen LogP contribution in [0, 0.1) is 0 Å². The molecule has 0 aliphatic carbocycles. The summed E-state index contributed by atoms with van der Waals surface area (Å²) in [5.74, 6) is -2.30. The molecule has 1 aromatic heterocycles. The molecule has 0 spiro atoms. The van der Waals surface area contributed by atoms with Gasteiger partial charge in [0.05, 0.1) is 6.61 Å². The van der Waals surface area contributed by atoms with E-state index in [1.165, 1.54) is 24.3 Å². The quantitative estimate of drug-likeness (QED) is 0.343. The predicted molar refractivity (Wildman–Crippen MR) is 111 cm³/mol. The lowest BCUT2D eigenvalue weighted by molar-refractivity contribution is -0.153. The zero-order valence-corrected chi connectivity index (χ0v) is 17.2. The normalized spacial score (nSPS) is 22.4. The number of hydrogen-bond acceptors (Lipinski definition) is 11. The summed E-state index contributed by atoms with van der Waals surface area (Å²) in [5, 5.41) is 49.4. The third-order valence-corrected chi connectivity index (χ3v) is 5.05. The smallest absolute Gasteiger partial charge is 0.303 e. The molecule has 11 heteroatoms. The third kappa shape index (κ3) is 4.16. The van der Waals surface area contributed by atoms with Crippen molar-refractivity contribution in [3.63, 3.8) is 0 Å². The van der Waals surface area contributed by atoms with Crippen molar-refractivity contribution in [1.29, 1.82) is 0 Å². The molecule has 1 fully saturated rings. The Morgan fingerprint density at radius 1 is 1.09 bits per heavy atom. The monoisotopic (exact) mass is 460 g/mol. The lowest BCUT2D eigenvalue weighted by Crippen LogP contribution is -2.39. The van der Waals surface area contributed by atoms with Gasteiger partial charge in [0.25, 0.3) is 0 Å². The first-order chi connectivity index (χ1) is 15.7. The van der Waals surface area contributed by atoms with Crippen LogP contribution in [-0.2, 0) is 14.3 Å². The molecule has 4 unspecified atom stereocenters. The fourth-order valence-electron chi connectivity index (χ4n) is 3.58. The van der Waals surface area contributed by atoms with E-state index >= 15 is 0 Å². The fraction of sp³-hybridized carbons (Fsp3) is 0.273. The molecule has 3 aromatic rings. The largest absolute Gasteiger partial charge is 0.508 e. The van der Waals surface area contributed by atoms with E-state index < -0.39 is 54.1 Å². The van der Waals surface area contributed by atoms with Crippen molar-refractivity contribution in [2.75, 3.05) is 6.61 Å². The van der Waals surface area contributed by atoms with Gasteiger partial charge in [0.15, 0.2) is 18.0 Å². The van der Waals surface area contributed by atoms with E-state index in [-0.39, 0.29) is 33.8 Å². The van der Waals surface area contributed by atoms with Crippen molar-refractivity contribution in [2.45, 2.75) is 31.5 Å². The van der Waals surface area contributed by atoms with Gasteiger partial charge >= 0.3 is 5.97 Å². The Morgan fingerprint density at radius 2 is 1.79 bits per heavy atom. The second-order valence-electron chi connectivity index (χ2n) is 7.38. The molecule has 0 saturated carbocycles. The number of benzene rings is 2. The summed E-state index contributed by atoms with van der Waals surface area (Å²) >= 11 is 0. The minimum Gasteiger partial charge on any atom is -0.508 e. The van der Waals surface area contributed by atoms with E-state index in [0.717, 1.165) is 19.1 Å². The molecule has 4 atom stereocenters. The summed E-state index contributed by atoms with van der Waals surface area (Å²) in [6.07, 6.45) is -5.49. The maximum atomic E-state index is 13.3. The number of aliphatic hydroxyl groups is 2. The summed E-state index contributed by atoms with van der Waals surface area (Å²) < 4.78 is 21.9. The highest BCUT2D eigenvalue weighted by Crippen LogP contribution is 2.37. The second-order valence-corrected chi connectivity index (χ2v) is 7.38. The highest BCUT2D eigenvalue weighted by Gasteiger charge is 2.48. The van der Waals surface area contributed by atoms with Gasteiger partial charge in [-0.2, -0.15) is 0 Å². The zero-order valence-electron chi connectivity index (χ0n) is 17.2. The van der Waals surface area contributed by atoms with Gasteiger partial charge in [-0.15, -0.1) is 0 Å². The first-order valence-electron chi connectivity index (χ1n) is 9.80. The van der Waals surface area contributed by atoms with Crippen molar-refractivity contribution in [3.05, 3.63) is 46.6 Å². The van der Waals surface area contributed by atoms with Crippen LogP contribution in [0.2, 0.25) is 0 Å². The van der Waals surface area contributed by atoms with Crippen LogP contribution in [0.5, 0.6) is 23.0 Å². The average Bonchev–Trinajstić information content (AvgIpc) is 3.04. The number of hydrogen-bond donors (Lipinski definition) is 5. The lowest BCUT2D eigenvalue weighted by Gasteiger charge is -2.20. The van der Waals surface area contributed by atoms with Gasteiger partial charge in [0.1, 0.15) is 34.3 Å². The molecule has 33 heavy (non-hydrogen) atoms. The number of phenolic OH excluding ortho intramolecular Hbond substituents is 3. The zero-order chi connectivity index (χ0) is 23.9. The molecule has 2 heterocycles. The SMILES string of the molecule is CC(=O)OC1C(CO)OC(Oc2c(-c3ccc(O)cc3)oc3cc(O)cc(O)c3c2=O)C1O. The van der Waals surface area contributed by atoms with Crippen LogP contribution in [0.4, 0.5) is 0 Å². The second kappa shape index (κ2) is 8.62. The van der Waals surface area contributed by atoms with E-state index in [2.05, 4.69) is 0 Å². The topological polar surface area (TPSA) is 176 Å². The molecular formula is C22H20O11. The number of fused-ring (bicyclic) bond motifs is 1.